The highest BCUT2D eigenvalue weighted by Gasteiger charge is 1.90. The minimum absolute atomic E-state index is 0.920. The summed E-state index contributed by atoms with van der Waals surface area (Å²) in [5, 5.41) is 4.16. The lowest BCUT2D eigenvalue weighted by atomic mass is 10.2. The predicted molar refractivity (Wildman–Crippen MR) is 58.0 cm³/mol. The Labute approximate surface area is 79.0 Å². The molecular weight excluding hydrogens is 160 g/mol. The summed E-state index contributed by atoms with van der Waals surface area (Å²) in [6.07, 6.45) is 0. The van der Waals surface area contributed by atoms with Crippen molar-refractivity contribution in [2.75, 3.05) is 5.43 Å². The molecule has 0 atom stereocenters. The van der Waals surface area contributed by atoms with Crippen molar-refractivity contribution in [1.29, 1.82) is 0 Å². The fourth-order valence-corrected chi connectivity index (χ4v) is 0.757. The van der Waals surface area contributed by atoms with Crippen molar-refractivity contribution in [3.8, 4) is 0 Å². The number of benzene rings is 1. The Balaban J connectivity index is 2.62. The Kier molecular flexibility index (Phi) is 3.26. The van der Waals surface area contributed by atoms with Crippen LogP contribution in [0.25, 0.3) is 0 Å². The molecule has 2 heteroatoms. The van der Waals surface area contributed by atoms with Crippen molar-refractivity contribution < 1.29 is 0 Å². The van der Waals surface area contributed by atoms with Crippen LogP contribution in [0.3, 0.4) is 0 Å². The van der Waals surface area contributed by atoms with E-state index in [9.17, 15) is 0 Å². The molecule has 1 aromatic carbocycles. The van der Waals surface area contributed by atoms with Crippen LogP contribution in [0.1, 0.15) is 13.8 Å². The van der Waals surface area contributed by atoms with Crippen LogP contribution in [0.5, 0.6) is 0 Å². The number of allylic oxidation sites excluding steroid dienone is 1. The quantitative estimate of drug-likeness (QED) is 0.552. The molecule has 1 aromatic rings. The molecule has 0 saturated heterocycles. The van der Waals surface area contributed by atoms with E-state index in [1.165, 1.54) is 0 Å². The first-order valence-electron chi connectivity index (χ1n) is 4.21. The van der Waals surface area contributed by atoms with E-state index in [1.807, 2.05) is 44.2 Å². The maximum atomic E-state index is 4.16. The van der Waals surface area contributed by atoms with E-state index in [2.05, 4.69) is 17.1 Å². The van der Waals surface area contributed by atoms with Gasteiger partial charge in [-0.25, -0.2) is 0 Å². The van der Waals surface area contributed by atoms with Crippen LogP contribution >= 0.6 is 0 Å². The third kappa shape index (κ3) is 3.11. The third-order valence-corrected chi connectivity index (χ3v) is 1.74. The number of nitrogens with one attached hydrogen (secondary N) is 1. The fraction of sp³-hybridized carbons (Fsp3) is 0.182. The molecule has 0 radical (unpaired) electrons. The van der Waals surface area contributed by atoms with Crippen LogP contribution in [-0.2, 0) is 0 Å². The molecule has 0 heterocycles. The third-order valence-electron chi connectivity index (χ3n) is 1.74. The van der Waals surface area contributed by atoms with Gasteiger partial charge in [0.15, 0.2) is 0 Å². The maximum absolute atomic E-state index is 4.16. The molecule has 0 aliphatic rings. The van der Waals surface area contributed by atoms with Crippen molar-refractivity contribution in [3.63, 3.8) is 0 Å². The first-order chi connectivity index (χ1) is 6.20. The molecule has 0 aliphatic carbocycles. The van der Waals surface area contributed by atoms with Gasteiger partial charge in [-0.1, -0.05) is 24.8 Å². The van der Waals surface area contributed by atoms with Crippen molar-refractivity contribution in [3.05, 3.63) is 42.5 Å². The summed E-state index contributed by atoms with van der Waals surface area (Å²) in [5.74, 6) is 0. The average Bonchev–Trinajstić information content (AvgIpc) is 2.15. The summed E-state index contributed by atoms with van der Waals surface area (Å²) < 4.78 is 0. The Bertz CT molecular complexity index is 312. The molecular formula is C11H14N2. The number of anilines is 1. The molecule has 0 bridgehead atoms. The number of hydrogen-bond donors (Lipinski definition) is 1. The molecule has 13 heavy (non-hydrogen) atoms. The highest BCUT2D eigenvalue weighted by Crippen LogP contribution is 2.05. The number of hydrogen-bond acceptors (Lipinski definition) is 2. The maximum Gasteiger partial charge on any atom is 0.0599 e. The van der Waals surface area contributed by atoms with Gasteiger partial charge in [-0.15, -0.1) is 0 Å². The first kappa shape index (κ1) is 9.52. The minimum atomic E-state index is 0.920. The van der Waals surface area contributed by atoms with Crippen LogP contribution in [-0.4, -0.2) is 5.71 Å². The van der Waals surface area contributed by atoms with Gasteiger partial charge in [-0.3, -0.25) is 5.43 Å². The summed E-state index contributed by atoms with van der Waals surface area (Å²) in [6, 6.07) is 9.84. The lowest BCUT2D eigenvalue weighted by Gasteiger charge is -2.01. The van der Waals surface area contributed by atoms with E-state index in [0.29, 0.717) is 0 Å². The topological polar surface area (TPSA) is 24.4 Å². The number of nitrogens with zero attached hydrogens (tertiary/aromatic N) is 1. The van der Waals surface area contributed by atoms with Crippen LogP contribution in [0.2, 0.25) is 0 Å². The molecule has 0 aromatic heterocycles. The van der Waals surface area contributed by atoms with Crippen molar-refractivity contribution in [1.82, 2.24) is 0 Å². The van der Waals surface area contributed by atoms with Gasteiger partial charge in [0.05, 0.1) is 11.4 Å². The summed E-state index contributed by atoms with van der Waals surface area (Å²) in [7, 11) is 0. The Morgan fingerprint density at radius 2 is 1.85 bits per heavy atom. The zero-order valence-electron chi connectivity index (χ0n) is 8.04. The van der Waals surface area contributed by atoms with Gasteiger partial charge < -0.3 is 0 Å². The van der Waals surface area contributed by atoms with Crippen LogP contribution in [0, 0.1) is 0 Å². The summed E-state index contributed by atoms with van der Waals surface area (Å²) in [4.78, 5) is 0. The van der Waals surface area contributed by atoms with Crippen LogP contribution < -0.4 is 5.43 Å². The fourth-order valence-electron chi connectivity index (χ4n) is 0.757. The van der Waals surface area contributed by atoms with Gasteiger partial charge in [0.2, 0.25) is 0 Å². The molecule has 0 fully saturated rings. The second kappa shape index (κ2) is 4.45. The van der Waals surface area contributed by atoms with Crippen LogP contribution in [0.4, 0.5) is 5.69 Å². The van der Waals surface area contributed by atoms with Gasteiger partial charge in [0.1, 0.15) is 0 Å². The molecule has 0 spiro atoms. The lowest BCUT2D eigenvalue weighted by molar-refractivity contribution is 1.31. The van der Waals surface area contributed by atoms with E-state index in [4.69, 9.17) is 0 Å². The van der Waals surface area contributed by atoms with Crippen molar-refractivity contribution >= 4 is 11.4 Å². The normalized spacial score (nSPS) is 11.1. The van der Waals surface area contributed by atoms with Gasteiger partial charge in [-0.05, 0) is 31.6 Å². The lowest BCUT2D eigenvalue weighted by Crippen LogP contribution is -1.97. The van der Waals surface area contributed by atoms with Gasteiger partial charge in [0.25, 0.3) is 0 Å². The molecule has 0 amide bonds. The molecule has 0 aliphatic heterocycles. The van der Waals surface area contributed by atoms with E-state index in [-0.39, 0.29) is 0 Å². The molecule has 0 saturated carbocycles. The van der Waals surface area contributed by atoms with E-state index in [1.54, 1.807) is 0 Å². The molecule has 0 unspecified atom stereocenters. The van der Waals surface area contributed by atoms with E-state index in [0.717, 1.165) is 17.0 Å². The molecule has 2 nitrogen and oxygen atoms in total. The smallest absolute Gasteiger partial charge is 0.0599 e. The number of rotatable bonds is 3. The van der Waals surface area contributed by atoms with Gasteiger partial charge in [0, 0.05) is 0 Å². The SMILES string of the molecule is C=C(C)C(C)=NNc1ccccc1. The van der Waals surface area contributed by atoms with Crippen molar-refractivity contribution in [2.24, 2.45) is 5.10 Å². The minimum Gasteiger partial charge on any atom is -0.278 e. The summed E-state index contributed by atoms with van der Waals surface area (Å²) in [5.41, 5.74) is 5.84. The van der Waals surface area contributed by atoms with E-state index >= 15 is 0 Å². The Morgan fingerprint density at radius 3 is 2.38 bits per heavy atom. The Morgan fingerprint density at radius 1 is 1.23 bits per heavy atom. The highest BCUT2D eigenvalue weighted by molar-refractivity contribution is 5.97. The van der Waals surface area contributed by atoms with Gasteiger partial charge >= 0.3 is 0 Å². The largest absolute Gasteiger partial charge is 0.278 e. The van der Waals surface area contributed by atoms with Crippen LogP contribution in [0.15, 0.2) is 47.6 Å². The zero-order chi connectivity index (χ0) is 9.68. The molecule has 1 rings (SSSR count). The average molecular weight is 174 g/mol. The van der Waals surface area contributed by atoms with E-state index < -0.39 is 0 Å². The second-order valence-electron chi connectivity index (χ2n) is 2.96. The monoisotopic (exact) mass is 174 g/mol. The summed E-state index contributed by atoms with van der Waals surface area (Å²) in [6.45, 7) is 7.66. The first-order valence-corrected chi connectivity index (χ1v) is 4.21. The standard InChI is InChI=1S/C11H14N2/c1-9(2)10(3)12-13-11-7-5-4-6-8-11/h4-8,13H,1H2,2-3H3. The molecule has 68 valence electrons. The van der Waals surface area contributed by atoms with Crippen molar-refractivity contribution in [2.45, 2.75) is 13.8 Å². The number of hydrazone groups is 1. The predicted octanol–water partition coefficient (Wildman–Crippen LogP) is 3.05. The molecule has 1 N–H and O–H groups in total. The summed E-state index contributed by atoms with van der Waals surface area (Å²) >= 11 is 0. The number of para-hydroxylation sites is 1. The zero-order valence-corrected chi connectivity index (χ0v) is 8.04. The highest BCUT2D eigenvalue weighted by atomic mass is 15.3. The second-order valence-corrected chi connectivity index (χ2v) is 2.96. The Hall–Kier alpha value is -1.57. The van der Waals surface area contributed by atoms with Gasteiger partial charge in [-0.2, -0.15) is 5.10 Å².